The van der Waals surface area contributed by atoms with Gasteiger partial charge in [-0.15, -0.1) is 0 Å². The van der Waals surface area contributed by atoms with Crippen molar-refractivity contribution >= 4 is 11.3 Å². The molecule has 0 aromatic carbocycles. The van der Waals surface area contributed by atoms with E-state index >= 15 is 0 Å². The minimum Gasteiger partial charge on any atom is -0.326 e. The molecule has 2 heterocycles. The van der Waals surface area contributed by atoms with Crippen LogP contribution in [-0.2, 0) is 6.42 Å². The molecule has 1 saturated heterocycles. The predicted octanol–water partition coefficient (Wildman–Crippen LogP) is 2.88. The molecule has 17 heavy (non-hydrogen) atoms. The average Bonchev–Trinajstić information content (AvgIpc) is 3.00. The molecule has 2 atom stereocenters. The lowest BCUT2D eigenvalue weighted by Gasteiger charge is -2.43. The molecular formula is C14H24N2S. The highest BCUT2D eigenvalue weighted by atomic mass is 32.1. The lowest BCUT2D eigenvalue weighted by Crippen LogP contribution is -2.57. The van der Waals surface area contributed by atoms with Crippen LogP contribution in [0, 0.1) is 0 Å². The molecule has 1 fully saturated rings. The zero-order chi connectivity index (χ0) is 12.3. The molecule has 2 N–H and O–H groups in total. The molecule has 1 aromatic heterocycles. The van der Waals surface area contributed by atoms with Crippen LogP contribution in [0.15, 0.2) is 16.8 Å². The van der Waals surface area contributed by atoms with Gasteiger partial charge in [0.2, 0.25) is 0 Å². The molecule has 0 amide bonds. The second kappa shape index (κ2) is 5.51. The van der Waals surface area contributed by atoms with Crippen LogP contribution >= 0.6 is 11.3 Å². The van der Waals surface area contributed by atoms with Gasteiger partial charge in [-0.05, 0) is 68.1 Å². The lowest BCUT2D eigenvalue weighted by molar-refractivity contribution is 0.0999. The van der Waals surface area contributed by atoms with Crippen molar-refractivity contribution in [3.8, 4) is 0 Å². The second-order valence-electron chi connectivity index (χ2n) is 5.35. The summed E-state index contributed by atoms with van der Waals surface area (Å²) in [6.45, 7) is 7.06. The highest BCUT2D eigenvalue weighted by Gasteiger charge is 2.37. The van der Waals surface area contributed by atoms with Crippen molar-refractivity contribution in [1.82, 2.24) is 4.90 Å². The van der Waals surface area contributed by atoms with Gasteiger partial charge in [-0.1, -0.05) is 6.92 Å². The highest BCUT2D eigenvalue weighted by Crippen LogP contribution is 2.28. The van der Waals surface area contributed by atoms with Gasteiger partial charge in [0.15, 0.2) is 0 Å². The Kier molecular flexibility index (Phi) is 4.23. The van der Waals surface area contributed by atoms with Crippen molar-refractivity contribution in [3.63, 3.8) is 0 Å². The molecule has 0 aliphatic carbocycles. The van der Waals surface area contributed by atoms with Crippen LogP contribution in [0.4, 0.5) is 0 Å². The van der Waals surface area contributed by atoms with E-state index in [0.29, 0.717) is 0 Å². The molecule has 1 aromatic rings. The van der Waals surface area contributed by atoms with Crippen LogP contribution in [0.3, 0.4) is 0 Å². The summed E-state index contributed by atoms with van der Waals surface area (Å²) in [5, 5.41) is 4.36. The van der Waals surface area contributed by atoms with Crippen LogP contribution in [0.5, 0.6) is 0 Å². The molecule has 1 aliphatic heterocycles. The van der Waals surface area contributed by atoms with Crippen molar-refractivity contribution in [2.45, 2.75) is 51.1 Å². The van der Waals surface area contributed by atoms with Crippen molar-refractivity contribution in [2.24, 2.45) is 5.73 Å². The fourth-order valence-electron chi connectivity index (χ4n) is 2.83. The summed E-state index contributed by atoms with van der Waals surface area (Å²) in [6.07, 6.45) is 4.81. The smallest absolute Gasteiger partial charge is 0.0332 e. The summed E-state index contributed by atoms with van der Waals surface area (Å²) >= 11 is 1.76. The first-order chi connectivity index (χ1) is 8.16. The molecule has 0 spiro atoms. The van der Waals surface area contributed by atoms with E-state index in [1.165, 1.54) is 31.5 Å². The summed E-state index contributed by atoms with van der Waals surface area (Å²) in [5.41, 5.74) is 8.05. The number of thiophene rings is 1. The standard InChI is InChI=1S/C14H24N2S/c1-3-14(2,16-7-4-5-8-16)13(15)10-12-6-9-17-11-12/h6,9,11,13H,3-5,7-8,10,15H2,1-2H3. The maximum Gasteiger partial charge on any atom is 0.0332 e. The Morgan fingerprint density at radius 1 is 1.47 bits per heavy atom. The summed E-state index contributed by atoms with van der Waals surface area (Å²) in [4.78, 5) is 2.60. The summed E-state index contributed by atoms with van der Waals surface area (Å²) in [5.74, 6) is 0. The van der Waals surface area contributed by atoms with Crippen LogP contribution in [0.1, 0.15) is 38.7 Å². The third-order valence-electron chi connectivity index (χ3n) is 4.38. The largest absolute Gasteiger partial charge is 0.326 e. The minimum absolute atomic E-state index is 0.165. The summed E-state index contributed by atoms with van der Waals surface area (Å²) < 4.78 is 0. The quantitative estimate of drug-likeness (QED) is 0.873. The molecular weight excluding hydrogens is 228 g/mol. The van der Waals surface area contributed by atoms with E-state index in [-0.39, 0.29) is 11.6 Å². The Hall–Kier alpha value is -0.380. The number of likely N-dealkylation sites (tertiary alicyclic amines) is 1. The van der Waals surface area contributed by atoms with E-state index in [0.717, 1.165) is 12.8 Å². The fraction of sp³-hybridized carbons (Fsp3) is 0.714. The van der Waals surface area contributed by atoms with Crippen molar-refractivity contribution in [2.75, 3.05) is 13.1 Å². The third-order valence-corrected chi connectivity index (χ3v) is 5.11. The Morgan fingerprint density at radius 2 is 2.18 bits per heavy atom. The molecule has 2 unspecified atom stereocenters. The molecule has 96 valence electrons. The Bertz CT molecular complexity index is 330. The first kappa shape index (κ1) is 13.1. The second-order valence-corrected chi connectivity index (χ2v) is 6.13. The van der Waals surface area contributed by atoms with Gasteiger partial charge in [-0.3, -0.25) is 4.90 Å². The van der Waals surface area contributed by atoms with E-state index in [1.807, 2.05) is 0 Å². The Morgan fingerprint density at radius 3 is 2.71 bits per heavy atom. The van der Waals surface area contributed by atoms with Gasteiger partial charge in [-0.2, -0.15) is 11.3 Å². The predicted molar refractivity (Wildman–Crippen MR) is 75.5 cm³/mol. The topological polar surface area (TPSA) is 29.3 Å². The van der Waals surface area contributed by atoms with Gasteiger partial charge in [0.1, 0.15) is 0 Å². The molecule has 1 aliphatic rings. The van der Waals surface area contributed by atoms with Crippen molar-refractivity contribution in [1.29, 1.82) is 0 Å². The Balaban J connectivity index is 2.05. The highest BCUT2D eigenvalue weighted by molar-refractivity contribution is 7.07. The first-order valence-electron chi connectivity index (χ1n) is 6.68. The van der Waals surface area contributed by atoms with Gasteiger partial charge in [0, 0.05) is 11.6 Å². The van der Waals surface area contributed by atoms with E-state index in [4.69, 9.17) is 5.73 Å². The van der Waals surface area contributed by atoms with Crippen LogP contribution in [0.25, 0.3) is 0 Å². The zero-order valence-electron chi connectivity index (χ0n) is 11.0. The van der Waals surface area contributed by atoms with E-state index in [1.54, 1.807) is 11.3 Å². The monoisotopic (exact) mass is 252 g/mol. The molecule has 2 nitrogen and oxygen atoms in total. The molecule has 0 bridgehead atoms. The number of hydrogen-bond acceptors (Lipinski definition) is 3. The zero-order valence-corrected chi connectivity index (χ0v) is 11.8. The van der Waals surface area contributed by atoms with Gasteiger partial charge in [0.25, 0.3) is 0 Å². The van der Waals surface area contributed by atoms with Gasteiger partial charge in [0.05, 0.1) is 0 Å². The van der Waals surface area contributed by atoms with Gasteiger partial charge < -0.3 is 5.73 Å². The van der Waals surface area contributed by atoms with Crippen LogP contribution < -0.4 is 5.73 Å². The number of nitrogens with two attached hydrogens (primary N) is 1. The molecule has 3 heteroatoms. The average molecular weight is 252 g/mol. The van der Waals surface area contributed by atoms with Crippen LogP contribution in [0.2, 0.25) is 0 Å². The molecule has 0 radical (unpaired) electrons. The minimum atomic E-state index is 0.165. The maximum absolute atomic E-state index is 6.50. The van der Waals surface area contributed by atoms with Gasteiger partial charge in [-0.25, -0.2) is 0 Å². The molecule has 2 rings (SSSR count). The van der Waals surface area contributed by atoms with E-state index in [9.17, 15) is 0 Å². The fourth-order valence-corrected chi connectivity index (χ4v) is 3.51. The lowest BCUT2D eigenvalue weighted by atomic mass is 9.85. The Labute approximate surface area is 109 Å². The van der Waals surface area contributed by atoms with Gasteiger partial charge >= 0.3 is 0 Å². The van der Waals surface area contributed by atoms with Crippen molar-refractivity contribution < 1.29 is 0 Å². The summed E-state index contributed by atoms with van der Waals surface area (Å²) in [7, 11) is 0. The first-order valence-corrected chi connectivity index (χ1v) is 7.63. The molecule has 0 saturated carbocycles. The number of nitrogens with zero attached hydrogens (tertiary/aromatic N) is 1. The van der Waals surface area contributed by atoms with Crippen molar-refractivity contribution in [3.05, 3.63) is 22.4 Å². The van der Waals surface area contributed by atoms with Crippen LogP contribution in [-0.4, -0.2) is 29.6 Å². The third kappa shape index (κ3) is 2.72. The number of rotatable bonds is 5. The van der Waals surface area contributed by atoms with E-state index in [2.05, 4.69) is 35.6 Å². The summed E-state index contributed by atoms with van der Waals surface area (Å²) in [6, 6.07) is 2.44. The number of hydrogen-bond donors (Lipinski definition) is 1. The normalized spacial score (nSPS) is 22.5. The SMILES string of the molecule is CCC(C)(C(N)Cc1ccsc1)N1CCCC1. The maximum atomic E-state index is 6.50. The van der Waals surface area contributed by atoms with E-state index < -0.39 is 0 Å².